The number of aliphatic imine (C=N–C) groups is 1. The summed E-state index contributed by atoms with van der Waals surface area (Å²) < 4.78 is 13.6. The van der Waals surface area contributed by atoms with Gasteiger partial charge in [0, 0.05) is 6.42 Å². The zero-order chi connectivity index (χ0) is 18.7. The van der Waals surface area contributed by atoms with Crippen molar-refractivity contribution >= 4 is 40.1 Å². The number of halogens is 1. The minimum atomic E-state index is -0.591. The van der Waals surface area contributed by atoms with E-state index in [0.717, 1.165) is 16.8 Å². The van der Waals surface area contributed by atoms with Crippen molar-refractivity contribution in [1.29, 1.82) is 0 Å². The monoisotopic (exact) mass is 371 g/mol. The summed E-state index contributed by atoms with van der Waals surface area (Å²) in [4.78, 5) is 28.6. The molecule has 0 saturated carbocycles. The third kappa shape index (κ3) is 4.49. The second-order valence-corrected chi connectivity index (χ2v) is 7.28. The van der Waals surface area contributed by atoms with Gasteiger partial charge >= 0.3 is 0 Å². The molecule has 0 radical (unpaired) electrons. The van der Waals surface area contributed by atoms with Crippen LogP contribution in [0.4, 0.5) is 15.8 Å². The van der Waals surface area contributed by atoms with Crippen LogP contribution in [0, 0.1) is 19.7 Å². The Bertz CT molecular complexity index is 878. The van der Waals surface area contributed by atoms with Crippen molar-refractivity contribution in [2.24, 2.45) is 4.99 Å². The van der Waals surface area contributed by atoms with Crippen molar-refractivity contribution in [2.45, 2.75) is 25.5 Å². The van der Waals surface area contributed by atoms with Crippen LogP contribution in [-0.2, 0) is 9.59 Å². The molecule has 1 aliphatic heterocycles. The van der Waals surface area contributed by atoms with Crippen LogP contribution in [0.5, 0.6) is 0 Å². The number of benzene rings is 2. The normalized spacial score (nSPS) is 18.0. The number of rotatable bonds is 4. The van der Waals surface area contributed by atoms with E-state index in [1.54, 1.807) is 12.1 Å². The minimum Gasteiger partial charge on any atom is -0.324 e. The van der Waals surface area contributed by atoms with Gasteiger partial charge in [-0.2, -0.15) is 0 Å². The first-order valence-electron chi connectivity index (χ1n) is 8.09. The van der Waals surface area contributed by atoms with Gasteiger partial charge in [-0.25, -0.2) is 9.38 Å². The molecule has 0 bridgehead atoms. The molecule has 1 saturated heterocycles. The van der Waals surface area contributed by atoms with Gasteiger partial charge in [-0.05, 0) is 49.2 Å². The maximum Gasteiger partial charge on any atom is 0.240 e. The van der Waals surface area contributed by atoms with Crippen molar-refractivity contribution in [2.75, 3.05) is 5.32 Å². The molecule has 1 heterocycles. The third-order valence-corrected chi connectivity index (χ3v) is 4.81. The summed E-state index contributed by atoms with van der Waals surface area (Å²) in [5.74, 6) is -1.21. The average Bonchev–Trinajstić information content (AvgIpc) is 2.88. The summed E-state index contributed by atoms with van der Waals surface area (Å²) in [6, 6.07) is 11.8. The molecular formula is C19H18FN3O2S. The van der Waals surface area contributed by atoms with Crippen molar-refractivity contribution in [3.8, 4) is 0 Å². The van der Waals surface area contributed by atoms with Gasteiger partial charge in [0.2, 0.25) is 11.8 Å². The summed E-state index contributed by atoms with van der Waals surface area (Å²) >= 11 is 1.20. The molecule has 1 fully saturated rings. The second kappa shape index (κ2) is 7.70. The molecule has 2 amide bonds. The molecule has 1 aliphatic rings. The number of thioether (sulfide) groups is 1. The Hall–Kier alpha value is -2.67. The first-order chi connectivity index (χ1) is 12.4. The number of aryl methyl sites for hydroxylation is 2. The SMILES string of the molecule is Cc1cc(C)cc(N=C2NC(=O)[C@H](CC(=O)Nc3ccccc3F)S2)c1. The van der Waals surface area contributed by atoms with Crippen molar-refractivity contribution in [3.05, 3.63) is 59.4 Å². The predicted octanol–water partition coefficient (Wildman–Crippen LogP) is 3.69. The fraction of sp³-hybridized carbons (Fsp3) is 0.211. The Morgan fingerprint density at radius 3 is 2.62 bits per heavy atom. The highest BCUT2D eigenvalue weighted by Crippen LogP contribution is 2.26. The number of nitrogens with one attached hydrogen (secondary N) is 2. The Balaban J connectivity index is 1.65. The first kappa shape index (κ1) is 18.1. The highest BCUT2D eigenvalue weighted by molar-refractivity contribution is 8.15. The number of carbonyl (C=O) groups is 2. The van der Waals surface area contributed by atoms with Crippen LogP contribution >= 0.6 is 11.8 Å². The molecule has 26 heavy (non-hydrogen) atoms. The Labute approximate surface area is 155 Å². The fourth-order valence-electron chi connectivity index (χ4n) is 2.66. The zero-order valence-corrected chi connectivity index (χ0v) is 15.2. The minimum absolute atomic E-state index is 0.0588. The van der Waals surface area contributed by atoms with Gasteiger partial charge in [-0.1, -0.05) is 30.0 Å². The van der Waals surface area contributed by atoms with Crippen LogP contribution in [-0.4, -0.2) is 22.2 Å². The molecule has 0 aliphatic carbocycles. The summed E-state index contributed by atoms with van der Waals surface area (Å²) in [7, 11) is 0. The number of hydrogen-bond donors (Lipinski definition) is 2. The largest absolute Gasteiger partial charge is 0.324 e. The van der Waals surface area contributed by atoms with Crippen molar-refractivity contribution in [3.63, 3.8) is 0 Å². The predicted molar refractivity (Wildman–Crippen MR) is 102 cm³/mol. The average molecular weight is 371 g/mol. The van der Waals surface area contributed by atoms with Crippen molar-refractivity contribution in [1.82, 2.24) is 5.32 Å². The van der Waals surface area contributed by atoms with E-state index in [1.165, 1.54) is 23.9 Å². The highest BCUT2D eigenvalue weighted by atomic mass is 32.2. The van der Waals surface area contributed by atoms with Crippen LogP contribution in [0.2, 0.25) is 0 Å². The molecule has 5 nitrogen and oxygen atoms in total. The number of anilines is 1. The van der Waals surface area contributed by atoms with E-state index in [4.69, 9.17) is 0 Å². The summed E-state index contributed by atoms with van der Waals surface area (Å²) in [5, 5.41) is 5.05. The number of amides is 2. The van der Waals surface area contributed by atoms with E-state index in [9.17, 15) is 14.0 Å². The molecule has 134 valence electrons. The van der Waals surface area contributed by atoms with E-state index in [-0.39, 0.29) is 18.0 Å². The van der Waals surface area contributed by atoms with E-state index in [2.05, 4.69) is 15.6 Å². The maximum absolute atomic E-state index is 13.6. The number of nitrogens with zero attached hydrogens (tertiary/aromatic N) is 1. The van der Waals surface area contributed by atoms with Gasteiger partial charge in [-0.3, -0.25) is 9.59 Å². The molecule has 2 aromatic rings. The Kier molecular flexibility index (Phi) is 5.37. The lowest BCUT2D eigenvalue weighted by molar-refractivity contribution is -0.122. The van der Waals surface area contributed by atoms with Crippen LogP contribution in [0.25, 0.3) is 0 Å². The van der Waals surface area contributed by atoms with Gasteiger partial charge in [0.25, 0.3) is 0 Å². The van der Waals surface area contributed by atoms with Crippen LogP contribution in [0.3, 0.4) is 0 Å². The van der Waals surface area contributed by atoms with E-state index < -0.39 is 17.0 Å². The van der Waals surface area contributed by atoms with E-state index in [1.807, 2.05) is 32.0 Å². The molecule has 2 N–H and O–H groups in total. The number of carbonyl (C=O) groups excluding carboxylic acids is 2. The molecule has 0 spiro atoms. The van der Waals surface area contributed by atoms with Crippen LogP contribution in [0.1, 0.15) is 17.5 Å². The van der Waals surface area contributed by atoms with Crippen LogP contribution in [0.15, 0.2) is 47.5 Å². The molecule has 7 heteroatoms. The number of hydrogen-bond acceptors (Lipinski definition) is 4. The summed E-state index contributed by atoms with van der Waals surface area (Å²) in [5.41, 5.74) is 3.02. The van der Waals surface area contributed by atoms with Crippen molar-refractivity contribution < 1.29 is 14.0 Å². The van der Waals surface area contributed by atoms with Gasteiger partial charge in [0.15, 0.2) is 5.17 Å². The molecule has 2 aromatic carbocycles. The van der Waals surface area contributed by atoms with Gasteiger partial charge in [0.1, 0.15) is 11.1 Å². The topological polar surface area (TPSA) is 70.6 Å². The molecule has 0 unspecified atom stereocenters. The Morgan fingerprint density at radius 2 is 1.92 bits per heavy atom. The lowest BCUT2D eigenvalue weighted by atomic mass is 10.1. The maximum atomic E-state index is 13.6. The standard InChI is InChI=1S/C19H18FN3O2S/c1-11-7-12(2)9-13(8-11)21-19-23-18(25)16(26-19)10-17(24)22-15-6-4-3-5-14(15)20/h3-9,16H,10H2,1-2H3,(H,22,24)(H,21,23,25)/t16-/m0/s1. The van der Waals surface area contributed by atoms with Gasteiger partial charge in [-0.15, -0.1) is 0 Å². The van der Waals surface area contributed by atoms with E-state index >= 15 is 0 Å². The van der Waals surface area contributed by atoms with Crippen LogP contribution < -0.4 is 10.6 Å². The zero-order valence-electron chi connectivity index (χ0n) is 14.4. The molecule has 0 aromatic heterocycles. The smallest absolute Gasteiger partial charge is 0.240 e. The number of para-hydroxylation sites is 1. The first-order valence-corrected chi connectivity index (χ1v) is 8.97. The van der Waals surface area contributed by atoms with E-state index in [0.29, 0.717) is 5.17 Å². The highest BCUT2D eigenvalue weighted by Gasteiger charge is 2.32. The van der Waals surface area contributed by atoms with Gasteiger partial charge in [0.05, 0.1) is 11.4 Å². The second-order valence-electron chi connectivity index (χ2n) is 6.09. The summed E-state index contributed by atoms with van der Waals surface area (Å²) in [6.07, 6.45) is -0.0588. The molecular weight excluding hydrogens is 353 g/mol. The molecule has 1 atom stereocenters. The Morgan fingerprint density at radius 1 is 1.23 bits per heavy atom. The lowest BCUT2D eigenvalue weighted by Crippen LogP contribution is -2.28. The third-order valence-electron chi connectivity index (χ3n) is 3.73. The molecule has 3 rings (SSSR count). The quantitative estimate of drug-likeness (QED) is 0.861. The lowest BCUT2D eigenvalue weighted by Gasteiger charge is -2.08. The summed E-state index contributed by atoms with van der Waals surface area (Å²) in [6.45, 7) is 3.96. The van der Waals surface area contributed by atoms with Gasteiger partial charge < -0.3 is 10.6 Å². The fourth-order valence-corrected chi connectivity index (χ4v) is 3.64. The number of amidine groups is 1.